The van der Waals surface area contributed by atoms with Gasteiger partial charge < -0.3 is 0 Å². The molecule has 0 aliphatic carbocycles. The molecule has 2 rings (SSSR count). The van der Waals surface area contributed by atoms with Crippen molar-refractivity contribution in [1.82, 2.24) is 5.06 Å². The largest absolute Gasteiger partial charge is 0.375 e. The number of hydrogen-bond donors (Lipinski definition) is 0. The third-order valence-electron chi connectivity index (χ3n) is 2.29. The van der Waals surface area contributed by atoms with Gasteiger partial charge >= 0.3 is 5.97 Å². The minimum atomic E-state index is -0.456. The maximum absolute atomic E-state index is 11.4. The molecule has 0 N–H and O–H groups in total. The molecular weight excluding hydrogens is 194 g/mol. The predicted molar refractivity (Wildman–Crippen MR) is 53.7 cm³/mol. The van der Waals surface area contributed by atoms with Gasteiger partial charge in [0.05, 0.1) is 5.56 Å². The fourth-order valence-corrected chi connectivity index (χ4v) is 1.47. The van der Waals surface area contributed by atoms with Crippen LogP contribution in [0.2, 0.25) is 0 Å². The smallest absolute Gasteiger partial charge is 0.274 e. The highest BCUT2D eigenvalue weighted by atomic mass is 17.3. The highest BCUT2D eigenvalue weighted by Gasteiger charge is 2.15. The van der Waals surface area contributed by atoms with Crippen LogP contribution in [0.5, 0.6) is 0 Å². The van der Waals surface area contributed by atoms with Crippen molar-refractivity contribution in [2.75, 3.05) is 13.1 Å². The molecule has 80 valence electrons. The minimum absolute atomic E-state index is 0.456. The van der Waals surface area contributed by atoms with Crippen LogP contribution in [0.1, 0.15) is 23.2 Å². The second-order valence-corrected chi connectivity index (χ2v) is 3.45. The average molecular weight is 207 g/mol. The van der Waals surface area contributed by atoms with Crippen LogP contribution >= 0.6 is 0 Å². The van der Waals surface area contributed by atoms with Crippen LogP contribution in [0.3, 0.4) is 0 Å². The van der Waals surface area contributed by atoms with Crippen molar-refractivity contribution in [2.24, 2.45) is 0 Å². The normalized spacial score (nSPS) is 16.5. The summed E-state index contributed by atoms with van der Waals surface area (Å²) in [5.41, 5.74) is 0.497. The third-order valence-corrected chi connectivity index (χ3v) is 2.29. The molecule has 1 aromatic carbocycles. The zero-order valence-electron chi connectivity index (χ0n) is 8.39. The fraction of sp³-hybridized carbons (Fsp3) is 0.364. The molecule has 1 aromatic rings. The van der Waals surface area contributed by atoms with Gasteiger partial charge in [0.1, 0.15) is 0 Å². The molecule has 1 saturated heterocycles. The zero-order valence-corrected chi connectivity index (χ0v) is 8.39. The number of carbonyl (C=O) groups is 1. The first kappa shape index (κ1) is 10.1. The van der Waals surface area contributed by atoms with Gasteiger partial charge in [-0.1, -0.05) is 23.2 Å². The molecule has 1 fully saturated rings. The van der Waals surface area contributed by atoms with Crippen molar-refractivity contribution in [3.8, 4) is 0 Å². The van der Waals surface area contributed by atoms with E-state index in [1.165, 1.54) is 0 Å². The first-order valence-corrected chi connectivity index (χ1v) is 5.05. The topological polar surface area (TPSA) is 38.8 Å². The van der Waals surface area contributed by atoms with Crippen LogP contribution in [0.4, 0.5) is 0 Å². The molecule has 0 unspecified atom stereocenters. The number of carbonyl (C=O) groups excluding carboxylic acids is 1. The van der Waals surface area contributed by atoms with E-state index in [9.17, 15) is 4.79 Å². The van der Waals surface area contributed by atoms with E-state index in [0.717, 1.165) is 25.9 Å². The van der Waals surface area contributed by atoms with Crippen molar-refractivity contribution in [2.45, 2.75) is 12.8 Å². The Kier molecular flexibility index (Phi) is 3.32. The summed E-state index contributed by atoms with van der Waals surface area (Å²) >= 11 is 0. The van der Waals surface area contributed by atoms with Crippen LogP contribution in [0.25, 0.3) is 0 Å². The van der Waals surface area contributed by atoms with E-state index >= 15 is 0 Å². The van der Waals surface area contributed by atoms with Crippen molar-refractivity contribution in [1.29, 1.82) is 0 Å². The Morgan fingerprint density at radius 2 is 1.80 bits per heavy atom. The summed E-state index contributed by atoms with van der Waals surface area (Å²) in [7, 11) is 0. The van der Waals surface area contributed by atoms with Crippen LogP contribution < -0.4 is 0 Å². The standard InChI is InChI=1S/C11H13NO3/c13-11(10-6-2-1-3-7-10)14-15-12-8-4-5-9-12/h1-3,6-7H,4-5,8-9H2. The zero-order chi connectivity index (χ0) is 10.5. The summed E-state index contributed by atoms with van der Waals surface area (Å²) < 4.78 is 0. The molecule has 1 aliphatic rings. The molecule has 4 nitrogen and oxygen atoms in total. The molecule has 0 atom stereocenters. The van der Waals surface area contributed by atoms with E-state index in [2.05, 4.69) is 0 Å². The Hall–Kier alpha value is -1.39. The molecule has 4 heteroatoms. The average Bonchev–Trinajstić information content (AvgIpc) is 2.80. The molecular formula is C11H13NO3. The van der Waals surface area contributed by atoms with Gasteiger partial charge in [-0.15, -0.1) is 5.06 Å². The summed E-state index contributed by atoms with van der Waals surface area (Å²) in [6.45, 7) is 1.64. The quantitative estimate of drug-likeness (QED) is 0.559. The van der Waals surface area contributed by atoms with E-state index in [1.54, 1.807) is 29.3 Å². The Balaban J connectivity index is 1.82. The van der Waals surface area contributed by atoms with Gasteiger partial charge in [-0.05, 0) is 25.0 Å². The highest BCUT2D eigenvalue weighted by Crippen LogP contribution is 2.09. The number of hydroxylamine groups is 2. The lowest BCUT2D eigenvalue weighted by molar-refractivity contribution is -0.381. The molecule has 1 aliphatic heterocycles. The lowest BCUT2D eigenvalue weighted by Crippen LogP contribution is -2.22. The summed E-state index contributed by atoms with van der Waals surface area (Å²) in [6.07, 6.45) is 2.17. The maximum atomic E-state index is 11.4. The number of benzene rings is 1. The predicted octanol–water partition coefficient (Wildman–Crippen LogP) is 1.79. The van der Waals surface area contributed by atoms with Gasteiger partial charge in [-0.3, -0.25) is 4.89 Å². The second-order valence-electron chi connectivity index (χ2n) is 3.45. The second kappa shape index (κ2) is 4.91. The van der Waals surface area contributed by atoms with Crippen LogP contribution in [-0.2, 0) is 9.88 Å². The minimum Gasteiger partial charge on any atom is -0.274 e. The summed E-state index contributed by atoms with van der Waals surface area (Å²) in [4.78, 5) is 21.0. The monoisotopic (exact) mass is 207 g/mol. The van der Waals surface area contributed by atoms with Gasteiger partial charge in [-0.25, -0.2) is 4.79 Å². The Labute approximate surface area is 88.3 Å². The van der Waals surface area contributed by atoms with Crippen molar-refractivity contribution >= 4 is 5.97 Å². The Morgan fingerprint density at radius 1 is 1.13 bits per heavy atom. The van der Waals surface area contributed by atoms with Crippen molar-refractivity contribution < 1.29 is 14.7 Å². The molecule has 0 amide bonds. The van der Waals surface area contributed by atoms with E-state index in [1.807, 2.05) is 6.07 Å². The van der Waals surface area contributed by atoms with Gasteiger partial charge in [0.2, 0.25) is 0 Å². The van der Waals surface area contributed by atoms with Crippen molar-refractivity contribution in [3.63, 3.8) is 0 Å². The van der Waals surface area contributed by atoms with Gasteiger partial charge in [0.25, 0.3) is 0 Å². The first-order valence-electron chi connectivity index (χ1n) is 5.05. The third kappa shape index (κ3) is 2.78. The first-order chi connectivity index (χ1) is 7.36. The lowest BCUT2D eigenvalue weighted by Gasteiger charge is -2.11. The van der Waals surface area contributed by atoms with Gasteiger partial charge in [-0.2, -0.15) is 0 Å². The number of nitrogens with zero attached hydrogens (tertiary/aromatic N) is 1. The molecule has 1 heterocycles. The highest BCUT2D eigenvalue weighted by molar-refractivity contribution is 5.88. The lowest BCUT2D eigenvalue weighted by atomic mass is 10.2. The molecule has 0 spiro atoms. The maximum Gasteiger partial charge on any atom is 0.375 e. The summed E-state index contributed by atoms with van der Waals surface area (Å²) in [5.74, 6) is -0.456. The molecule has 0 saturated carbocycles. The SMILES string of the molecule is O=C(OON1CCCC1)c1ccccc1. The number of hydrogen-bond acceptors (Lipinski definition) is 4. The number of rotatable bonds is 3. The Morgan fingerprint density at radius 3 is 2.47 bits per heavy atom. The van der Waals surface area contributed by atoms with E-state index < -0.39 is 5.97 Å². The molecule has 0 radical (unpaired) electrons. The van der Waals surface area contributed by atoms with Gasteiger partial charge in [0, 0.05) is 13.1 Å². The van der Waals surface area contributed by atoms with E-state index in [0.29, 0.717) is 5.56 Å². The van der Waals surface area contributed by atoms with Crippen LogP contribution in [0.15, 0.2) is 30.3 Å². The fourth-order valence-electron chi connectivity index (χ4n) is 1.47. The van der Waals surface area contributed by atoms with Crippen LogP contribution in [0, 0.1) is 0 Å². The van der Waals surface area contributed by atoms with Crippen molar-refractivity contribution in [3.05, 3.63) is 35.9 Å². The molecule has 0 bridgehead atoms. The molecule has 15 heavy (non-hydrogen) atoms. The van der Waals surface area contributed by atoms with E-state index in [-0.39, 0.29) is 0 Å². The van der Waals surface area contributed by atoms with Crippen LogP contribution in [-0.4, -0.2) is 24.1 Å². The Bertz CT molecular complexity index is 320. The van der Waals surface area contributed by atoms with E-state index in [4.69, 9.17) is 9.88 Å². The molecule has 0 aromatic heterocycles. The summed E-state index contributed by atoms with van der Waals surface area (Å²) in [6, 6.07) is 8.79. The van der Waals surface area contributed by atoms with Gasteiger partial charge in [0.15, 0.2) is 0 Å². The summed E-state index contributed by atoms with van der Waals surface area (Å²) in [5, 5.41) is 1.65.